The van der Waals surface area contributed by atoms with Crippen molar-refractivity contribution in [2.45, 2.75) is 13.0 Å². The van der Waals surface area contributed by atoms with Crippen LogP contribution in [0.15, 0.2) is 18.3 Å². The van der Waals surface area contributed by atoms with Crippen molar-refractivity contribution in [2.75, 3.05) is 0 Å². The molecule has 76 valence electrons. The molecule has 1 rings (SSSR count). The zero-order chi connectivity index (χ0) is 10.6. The first-order chi connectivity index (χ1) is 6.58. The van der Waals surface area contributed by atoms with E-state index in [0.717, 1.165) is 6.20 Å². The monoisotopic (exact) mass is 202 g/mol. The van der Waals surface area contributed by atoms with Gasteiger partial charge in [-0.25, -0.2) is 0 Å². The highest BCUT2D eigenvalue weighted by Gasteiger charge is 2.04. The molecule has 0 saturated heterocycles. The minimum atomic E-state index is -2.91. The predicted octanol–water partition coefficient (Wildman–Crippen LogP) is -0.0246. The first-order valence-electron chi connectivity index (χ1n) is 3.67. The summed E-state index contributed by atoms with van der Waals surface area (Å²) in [6, 6.07) is 2.50. The number of rotatable bonds is 4. The van der Waals surface area contributed by atoms with Crippen LogP contribution in [0.4, 0.5) is 8.78 Å². The van der Waals surface area contributed by atoms with Gasteiger partial charge in [0.2, 0.25) is 0 Å². The van der Waals surface area contributed by atoms with E-state index in [-0.39, 0.29) is 17.9 Å². The number of hydrogen-bond donors (Lipinski definition) is 0. The average Bonchev–Trinajstić information content (AvgIpc) is 2.06. The summed E-state index contributed by atoms with van der Waals surface area (Å²) >= 11 is 0. The van der Waals surface area contributed by atoms with Gasteiger partial charge in [0.05, 0.1) is 6.20 Å². The van der Waals surface area contributed by atoms with Gasteiger partial charge in [0.25, 0.3) is 0 Å². The highest BCUT2D eigenvalue weighted by atomic mass is 19.3. The first-order valence-corrected chi connectivity index (χ1v) is 3.67. The molecule has 0 bridgehead atoms. The third-order valence-corrected chi connectivity index (χ3v) is 1.35. The van der Waals surface area contributed by atoms with E-state index in [2.05, 4.69) is 9.72 Å². The number of halogens is 2. The van der Waals surface area contributed by atoms with E-state index in [0.29, 0.717) is 0 Å². The molecule has 1 aromatic rings. The van der Waals surface area contributed by atoms with Crippen molar-refractivity contribution in [3.8, 4) is 5.75 Å². The summed E-state index contributed by atoms with van der Waals surface area (Å²) in [5.74, 6) is -1.39. The number of hydrogen-bond acceptors (Lipinski definition) is 4. The van der Waals surface area contributed by atoms with Gasteiger partial charge in [-0.15, -0.1) is 0 Å². The molecule has 0 amide bonds. The number of aliphatic carboxylic acids is 1. The summed E-state index contributed by atoms with van der Waals surface area (Å²) in [6.45, 7) is -2.91. The molecule has 0 aliphatic heterocycles. The lowest BCUT2D eigenvalue weighted by Crippen LogP contribution is -2.24. The third kappa shape index (κ3) is 3.34. The molecule has 4 nitrogen and oxygen atoms in total. The Kier molecular flexibility index (Phi) is 3.33. The number of carboxylic acid groups (broad SMARTS) is 1. The van der Waals surface area contributed by atoms with Crippen molar-refractivity contribution < 1.29 is 23.4 Å². The molecule has 0 unspecified atom stereocenters. The summed E-state index contributed by atoms with van der Waals surface area (Å²) < 4.78 is 27.4. The van der Waals surface area contributed by atoms with E-state index in [1.165, 1.54) is 12.1 Å². The van der Waals surface area contributed by atoms with Gasteiger partial charge in [-0.2, -0.15) is 8.78 Å². The van der Waals surface area contributed by atoms with Crippen LogP contribution in [0.1, 0.15) is 5.69 Å². The number of ether oxygens (including phenoxy) is 1. The van der Waals surface area contributed by atoms with Crippen LogP contribution in [0.2, 0.25) is 0 Å². The van der Waals surface area contributed by atoms with E-state index < -0.39 is 12.6 Å². The Labute approximate surface area is 78.1 Å². The van der Waals surface area contributed by atoms with E-state index in [1.54, 1.807) is 0 Å². The number of carbonyl (C=O) groups excluding carboxylic acids is 1. The highest BCUT2D eigenvalue weighted by molar-refractivity contribution is 5.67. The summed E-state index contributed by atoms with van der Waals surface area (Å²) in [7, 11) is 0. The maximum Gasteiger partial charge on any atom is 0.387 e. The van der Waals surface area contributed by atoms with Gasteiger partial charge in [0, 0.05) is 18.1 Å². The zero-order valence-corrected chi connectivity index (χ0v) is 6.94. The lowest BCUT2D eigenvalue weighted by Gasteiger charge is -2.05. The minimum absolute atomic E-state index is 0.109. The van der Waals surface area contributed by atoms with E-state index >= 15 is 0 Å². The van der Waals surface area contributed by atoms with Crippen molar-refractivity contribution in [1.82, 2.24) is 4.98 Å². The molecule has 0 aromatic carbocycles. The second-order valence-electron chi connectivity index (χ2n) is 2.41. The van der Waals surface area contributed by atoms with Gasteiger partial charge in [0.1, 0.15) is 5.75 Å². The number of pyridine rings is 1. The van der Waals surface area contributed by atoms with E-state index in [4.69, 9.17) is 0 Å². The second-order valence-corrected chi connectivity index (χ2v) is 2.41. The lowest BCUT2D eigenvalue weighted by atomic mass is 10.3. The summed E-state index contributed by atoms with van der Waals surface area (Å²) in [5, 5.41) is 10.1. The number of carbonyl (C=O) groups is 1. The van der Waals surface area contributed by atoms with E-state index in [1.807, 2.05) is 0 Å². The number of carboxylic acids is 1. The molecule has 0 saturated carbocycles. The van der Waals surface area contributed by atoms with Crippen molar-refractivity contribution in [3.63, 3.8) is 0 Å². The number of aromatic nitrogens is 1. The summed E-state index contributed by atoms with van der Waals surface area (Å²) in [4.78, 5) is 13.7. The Bertz CT molecular complexity index is 313. The smallest absolute Gasteiger partial charge is 0.387 e. The van der Waals surface area contributed by atoms with Crippen molar-refractivity contribution in [2.24, 2.45) is 0 Å². The van der Waals surface area contributed by atoms with Gasteiger partial charge in [-0.3, -0.25) is 4.98 Å². The van der Waals surface area contributed by atoms with E-state index in [9.17, 15) is 18.7 Å². The Morgan fingerprint density at radius 2 is 2.29 bits per heavy atom. The molecular formula is C8H6F2NO3-. The SMILES string of the molecule is O=C([O-])Cc1ccc(OC(F)F)cn1. The average molecular weight is 202 g/mol. The van der Waals surface area contributed by atoms with Crippen molar-refractivity contribution in [1.29, 1.82) is 0 Å². The van der Waals surface area contributed by atoms with Crippen LogP contribution in [0, 0.1) is 0 Å². The third-order valence-electron chi connectivity index (χ3n) is 1.35. The zero-order valence-electron chi connectivity index (χ0n) is 6.94. The lowest BCUT2D eigenvalue weighted by molar-refractivity contribution is -0.304. The van der Waals surface area contributed by atoms with Crippen molar-refractivity contribution in [3.05, 3.63) is 24.0 Å². The fraction of sp³-hybridized carbons (Fsp3) is 0.250. The maximum atomic E-state index is 11.7. The molecule has 0 spiro atoms. The van der Waals surface area contributed by atoms with Gasteiger partial charge >= 0.3 is 6.61 Å². The fourth-order valence-corrected chi connectivity index (χ4v) is 0.836. The molecule has 0 radical (unpaired) electrons. The van der Waals surface area contributed by atoms with Crippen LogP contribution in [0.5, 0.6) is 5.75 Å². The number of nitrogens with zero attached hydrogens (tertiary/aromatic N) is 1. The Morgan fingerprint density at radius 3 is 2.71 bits per heavy atom. The quantitative estimate of drug-likeness (QED) is 0.688. The molecule has 0 N–H and O–H groups in total. The molecule has 14 heavy (non-hydrogen) atoms. The van der Waals surface area contributed by atoms with Gasteiger partial charge in [0.15, 0.2) is 0 Å². The summed E-state index contributed by atoms with van der Waals surface area (Å²) in [6.07, 6.45) is 0.680. The molecule has 0 fully saturated rings. The number of alkyl halides is 2. The first kappa shape index (κ1) is 10.4. The normalized spacial score (nSPS) is 10.2. The van der Waals surface area contributed by atoms with Crippen LogP contribution in [-0.2, 0) is 11.2 Å². The molecule has 0 atom stereocenters. The van der Waals surface area contributed by atoms with Crippen LogP contribution in [0.25, 0.3) is 0 Å². The molecule has 0 aliphatic rings. The molecule has 1 aromatic heterocycles. The van der Waals surface area contributed by atoms with Crippen LogP contribution >= 0.6 is 0 Å². The van der Waals surface area contributed by atoms with Gasteiger partial charge < -0.3 is 14.6 Å². The minimum Gasteiger partial charge on any atom is -0.550 e. The maximum absolute atomic E-state index is 11.7. The second kappa shape index (κ2) is 4.50. The highest BCUT2D eigenvalue weighted by Crippen LogP contribution is 2.12. The van der Waals surface area contributed by atoms with Gasteiger partial charge in [-0.05, 0) is 12.1 Å². The van der Waals surface area contributed by atoms with Crippen molar-refractivity contribution >= 4 is 5.97 Å². The molecule has 6 heteroatoms. The molecule has 0 aliphatic carbocycles. The topological polar surface area (TPSA) is 62.2 Å². The van der Waals surface area contributed by atoms with Gasteiger partial charge in [-0.1, -0.05) is 0 Å². The van der Waals surface area contributed by atoms with Crippen LogP contribution < -0.4 is 9.84 Å². The predicted molar refractivity (Wildman–Crippen MR) is 39.6 cm³/mol. The Morgan fingerprint density at radius 1 is 1.57 bits per heavy atom. The largest absolute Gasteiger partial charge is 0.550 e. The molecular weight excluding hydrogens is 196 g/mol. The summed E-state index contributed by atoms with van der Waals surface area (Å²) in [5.41, 5.74) is 0.228. The standard InChI is InChI=1S/C8H7F2NO3/c9-8(10)14-6-2-1-5(11-4-6)3-7(12)13/h1-2,4,8H,3H2,(H,12,13)/p-1. The fourth-order valence-electron chi connectivity index (χ4n) is 0.836. The Balaban J connectivity index is 2.63. The molecule has 1 heterocycles. The van der Waals surface area contributed by atoms with Crippen LogP contribution in [-0.4, -0.2) is 17.6 Å². The van der Waals surface area contributed by atoms with Crippen LogP contribution in [0.3, 0.4) is 0 Å². The Hall–Kier alpha value is -1.72.